The van der Waals surface area contributed by atoms with Crippen LogP contribution in [0.15, 0.2) is 24.3 Å². The third-order valence-corrected chi connectivity index (χ3v) is 4.68. The number of hydrogen-bond acceptors (Lipinski definition) is 6. The third-order valence-electron chi connectivity index (χ3n) is 4.43. The van der Waals surface area contributed by atoms with Gasteiger partial charge in [0, 0.05) is 24.7 Å². The summed E-state index contributed by atoms with van der Waals surface area (Å²) in [6.07, 6.45) is -3.22. The van der Waals surface area contributed by atoms with Crippen LogP contribution in [-0.2, 0) is 16.1 Å². The Labute approximate surface area is 176 Å². The number of benzene rings is 1. The van der Waals surface area contributed by atoms with Crippen LogP contribution >= 0.6 is 11.6 Å². The monoisotopic (exact) mass is 430 g/mol. The number of carboxylic acid groups (broad SMARTS) is 2. The zero-order valence-electron chi connectivity index (χ0n) is 16.8. The van der Waals surface area contributed by atoms with Crippen LogP contribution < -0.4 is 5.32 Å². The van der Waals surface area contributed by atoms with E-state index >= 15 is 0 Å². The van der Waals surface area contributed by atoms with Crippen molar-refractivity contribution < 1.29 is 30.0 Å². The number of halogens is 1. The van der Waals surface area contributed by atoms with Crippen molar-refractivity contribution in [1.29, 1.82) is 0 Å². The Morgan fingerprint density at radius 2 is 1.69 bits per heavy atom. The summed E-state index contributed by atoms with van der Waals surface area (Å²) in [6, 6.07) is 8.26. The number of aliphatic carboxylic acids is 2. The fraction of sp³-hybridized carbons (Fsp3) is 0.600. The summed E-state index contributed by atoms with van der Waals surface area (Å²) in [5.74, 6) is -2.02. The molecule has 1 aromatic carbocycles. The molecule has 1 aliphatic rings. The molecule has 0 saturated carbocycles. The van der Waals surface area contributed by atoms with Crippen molar-refractivity contribution in [2.75, 3.05) is 26.2 Å². The van der Waals surface area contributed by atoms with Gasteiger partial charge in [0.05, 0.1) is 0 Å². The molecule has 5 N–H and O–H groups in total. The van der Waals surface area contributed by atoms with E-state index in [-0.39, 0.29) is 0 Å². The predicted molar refractivity (Wildman–Crippen MR) is 110 cm³/mol. The molecule has 1 heterocycles. The first-order valence-corrected chi connectivity index (χ1v) is 9.97. The van der Waals surface area contributed by atoms with Crippen molar-refractivity contribution in [1.82, 2.24) is 10.2 Å². The summed E-state index contributed by atoms with van der Waals surface area (Å²) in [5.41, 5.74) is 1.36. The Kier molecular flexibility index (Phi) is 11.2. The van der Waals surface area contributed by atoms with Gasteiger partial charge in [-0.05, 0) is 49.0 Å². The Bertz CT molecular complexity index is 616. The summed E-state index contributed by atoms with van der Waals surface area (Å²) in [4.78, 5) is 22.1. The van der Waals surface area contributed by atoms with Crippen molar-refractivity contribution in [2.24, 2.45) is 11.8 Å². The Hall–Kier alpha value is -1.71. The maximum absolute atomic E-state index is 9.77. The average Bonchev–Trinajstić information content (AvgIpc) is 3.15. The first-order valence-electron chi connectivity index (χ1n) is 9.59. The molecule has 0 unspecified atom stereocenters. The Morgan fingerprint density at radius 3 is 2.10 bits per heavy atom. The summed E-state index contributed by atoms with van der Waals surface area (Å²) < 4.78 is 0. The summed E-state index contributed by atoms with van der Waals surface area (Å²) >= 11 is 5.95. The minimum Gasteiger partial charge on any atom is -0.479 e. The van der Waals surface area contributed by atoms with Crippen molar-refractivity contribution in [3.63, 3.8) is 0 Å². The van der Waals surface area contributed by atoms with Gasteiger partial charge in [0.2, 0.25) is 0 Å². The number of carboxylic acids is 2. The molecular weight excluding hydrogens is 400 g/mol. The molecule has 1 aromatic rings. The molecule has 8 nitrogen and oxygen atoms in total. The number of rotatable bonds is 9. The third kappa shape index (κ3) is 10.0. The van der Waals surface area contributed by atoms with Gasteiger partial charge in [-0.3, -0.25) is 4.90 Å². The van der Waals surface area contributed by atoms with Gasteiger partial charge in [0.25, 0.3) is 0 Å². The van der Waals surface area contributed by atoms with Gasteiger partial charge >= 0.3 is 11.9 Å². The molecule has 0 aromatic heterocycles. The first kappa shape index (κ1) is 25.3. The molecule has 0 aliphatic carbocycles. The average molecular weight is 431 g/mol. The lowest BCUT2D eigenvalue weighted by molar-refractivity contribution is -0.165. The van der Waals surface area contributed by atoms with E-state index in [1.54, 1.807) is 0 Å². The maximum atomic E-state index is 9.77. The zero-order valence-corrected chi connectivity index (χ0v) is 17.5. The number of hydrogen-bond donors (Lipinski definition) is 5. The van der Waals surface area contributed by atoms with Gasteiger partial charge < -0.3 is 25.7 Å². The van der Waals surface area contributed by atoms with Crippen LogP contribution in [0.3, 0.4) is 0 Å². The highest BCUT2D eigenvalue weighted by atomic mass is 35.5. The van der Waals surface area contributed by atoms with E-state index in [0.717, 1.165) is 17.5 Å². The Morgan fingerprint density at radius 1 is 1.14 bits per heavy atom. The molecule has 1 aliphatic heterocycles. The maximum Gasteiger partial charge on any atom is 0.335 e. The minimum absolute atomic E-state index is 0.710. The highest BCUT2D eigenvalue weighted by Crippen LogP contribution is 2.16. The van der Waals surface area contributed by atoms with Crippen LogP contribution in [-0.4, -0.2) is 75.7 Å². The minimum atomic E-state index is -2.27. The zero-order chi connectivity index (χ0) is 22.0. The topological polar surface area (TPSA) is 130 Å². The molecule has 29 heavy (non-hydrogen) atoms. The number of carbonyl (C=O) groups is 2. The lowest BCUT2D eigenvalue weighted by Crippen LogP contribution is -2.39. The van der Waals surface area contributed by atoms with E-state index in [2.05, 4.69) is 36.2 Å². The number of nitrogens with zero attached hydrogens (tertiary/aromatic N) is 1. The second kappa shape index (κ2) is 12.8. The summed E-state index contributed by atoms with van der Waals surface area (Å²) in [7, 11) is 0. The van der Waals surface area contributed by atoms with Crippen LogP contribution in [0, 0.1) is 11.8 Å². The quantitative estimate of drug-likeness (QED) is 0.396. The summed E-state index contributed by atoms with van der Waals surface area (Å²) in [6.45, 7) is 10.3. The predicted octanol–water partition coefficient (Wildman–Crippen LogP) is 1.28. The van der Waals surface area contributed by atoms with Gasteiger partial charge in [0.15, 0.2) is 12.2 Å². The highest BCUT2D eigenvalue weighted by molar-refractivity contribution is 6.30. The van der Waals surface area contributed by atoms with Crippen LogP contribution in [0.25, 0.3) is 0 Å². The number of nitrogens with one attached hydrogen (secondary N) is 1. The van der Waals surface area contributed by atoms with E-state index in [1.165, 1.54) is 38.2 Å². The fourth-order valence-corrected chi connectivity index (χ4v) is 3.20. The molecule has 1 saturated heterocycles. The van der Waals surface area contributed by atoms with E-state index in [1.807, 2.05) is 12.1 Å². The fourth-order valence-electron chi connectivity index (χ4n) is 3.07. The van der Waals surface area contributed by atoms with Crippen LogP contribution in [0.2, 0.25) is 5.02 Å². The van der Waals surface area contributed by atoms with Crippen LogP contribution in [0.1, 0.15) is 25.8 Å². The molecule has 0 bridgehead atoms. The van der Waals surface area contributed by atoms with Crippen molar-refractivity contribution in [2.45, 2.75) is 39.0 Å². The van der Waals surface area contributed by atoms with Crippen molar-refractivity contribution in [3.05, 3.63) is 34.9 Å². The molecule has 9 heteroatoms. The molecule has 2 rings (SSSR count). The summed E-state index contributed by atoms with van der Waals surface area (Å²) in [5, 5.41) is 36.8. The lowest BCUT2D eigenvalue weighted by atomic mass is 10.1. The van der Waals surface area contributed by atoms with E-state index in [4.69, 9.17) is 32.0 Å². The van der Waals surface area contributed by atoms with Gasteiger partial charge in [-0.25, -0.2) is 9.59 Å². The van der Waals surface area contributed by atoms with Crippen LogP contribution in [0.5, 0.6) is 0 Å². The van der Waals surface area contributed by atoms with E-state index in [0.29, 0.717) is 5.92 Å². The van der Waals surface area contributed by atoms with Gasteiger partial charge in [-0.2, -0.15) is 0 Å². The second-order valence-corrected chi connectivity index (χ2v) is 8.08. The second-order valence-electron chi connectivity index (χ2n) is 7.64. The molecule has 164 valence electrons. The molecular formula is C20H31ClN2O6. The lowest BCUT2D eigenvalue weighted by Gasteiger charge is -2.27. The van der Waals surface area contributed by atoms with Gasteiger partial charge in [-0.15, -0.1) is 0 Å². The molecule has 0 spiro atoms. The van der Waals surface area contributed by atoms with E-state index in [9.17, 15) is 9.59 Å². The highest BCUT2D eigenvalue weighted by Gasteiger charge is 2.29. The standard InChI is InChI=1S/C16H25ClN2.C4H6O6/c1-13(2)10-19(12-15-7-8-18-9-15)11-14-3-5-16(17)6-4-14;5-1(3(7)8)2(6)4(9)10/h3-6,13,15,18H,7-12H2,1-2H3;1-2,5-6H,(H,7,8)(H,9,10)/t15-;1-,2-/m11/s1. The van der Waals surface area contributed by atoms with Crippen molar-refractivity contribution in [3.8, 4) is 0 Å². The van der Waals surface area contributed by atoms with Gasteiger partial charge in [-0.1, -0.05) is 37.6 Å². The van der Waals surface area contributed by atoms with Crippen LogP contribution in [0.4, 0.5) is 0 Å². The molecule has 1 fully saturated rings. The molecule has 0 radical (unpaired) electrons. The largest absolute Gasteiger partial charge is 0.479 e. The van der Waals surface area contributed by atoms with Gasteiger partial charge in [0.1, 0.15) is 0 Å². The number of aliphatic hydroxyl groups is 2. The molecule has 0 amide bonds. The number of aliphatic hydroxyl groups excluding tert-OH is 2. The SMILES string of the molecule is CC(C)CN(Cc1ccc(Cl)cc1)C[C@@H]1CCNC1.O=C(O)[C@H](O)[C@@H](O)C(=O)O. The van der Waals surface area contributed by atoms with E-state index < -0.39 is 24.1 Å². The molecule has 3 atom stereocenters. The first-order chi connectivity index (χ1) is 13.6. The normalized spacial score (nSPS) is 18.2. The smallest absolute Gasteiger partial charge is 0.335 e. The Balaban J connectivity index is 0.000000359. The van der Waals surface area contributed by atoms with Crippen molar-refractivity contribution >= 4 is 23.5 Å².